The Balaban J connectivity index is 1.89. The van der Waals surface area contributed by atoms with Gasteiger partial charge in [-0.2, -0.15) is 0 Å². The van der Waals surface area contributed by atoms with Crippen molar-refractivity contribution in [1.82, 2.24) is 5.32 Å². The number of nitrogens with one attached hydrogen (secondary N) is 1. The molecule has 3 nitrogen and oxygen atoms in total. The van der Waals surface area contributed by atoms with Gasteiger partial charge >= 0.3 is 0 Å². The van der Waals surface area contributed by atoms with Gasteiger partial charge in [0.1, 0.15) is 5.82 Å². The van der Waals surface area contributed by atoms with Gasteiger partial charge in [0.15, 0.2) is 0 Å². The molecule has 22 heavy (non-hydrogen) atoms. The number of aliphatic hydroxyl groups is 1. The third-order valence-electron chi connectivity index (χ3n) is 4.58. The Bertz CT molecular complexity index is 542. The molecule has 122 valence electrons. The molecule has 2 rings (SSSR count). The molecule has 1 aliphatic carbocycles. The Morgan fingerprint density at radius 2 is 2.05 bits per heavy atom. The lowest BCUT2D eigenvalue weighted by Gasteiger charge is -2.33. The second-order valence-corrected chi connectivity index (χ2v) is 7.37. The Kier molecular flexibility index (Phi) is 4.90. The average Bonchev–Trinajstić information content (AvgIpc) is 3.24. The number of rotatable bonds is 6. The zero-order chi connectivity index (χ0) is 16.5. The molecule has 0 saturated heterocycles. The minimum absolute atomic E-state index is 0.0145. The molecule has 4 heteroatoms. The lowest BCUT2D eigenvalue weighted by molar-refractivity contribution is -0.123. The zero-order valence-electron chi connectivity index (χ0n) is 13.8. The van der Waals surface area contributed by atoms with Crippen molar-refractivity contribution in [3.8, 4) is 0 Å². The van der Waals surface area contributed by atoms with Crippen LogP contribution in [0.25, 0.3) is 0 Å². The van der Waals surface area contributed by atoms with E-state index in [1.54, 1.807) is 18.2 Å². The van der Waals surface area contributed by atoms with Crippen molar-refractivity contribution in [3.63, 3.8) is 0 Å². The summed E-state index contributed by atoms with van der Waals surface area (Å²) in [6.07, 6.45) is 0.217. The van der Waals surface area contributed by atoms with Crippen LogP contribution in [-0.2, 0) is 4.79 Å². The Labute approximate surface area is 131 Å². The molecule has 1 aromatic carbocycles. The standard InChI is InChI=1S/C18H26FNO2/c1-11(2)16(21)18(3,4)10-20-17(22)14-9-13(14)12-7-5-6-8-15(12)19/h5-8,11,13-14,16,21H,9-10H2,1-4H3,(H,20,22). The molecule has 1 fully saturated rings. The van der Waals surface area contributed by atoms with Gasteiger partial charge in [0, 0.05) is 17.9 Å². The SMILES string of the molecule is CC(C)C(O)C(C)(C)CNC(=O)C1CC1c1ccccc1F. The lowest BCUT2D eigenvalue weighted by atomic mass is 9.80. The summed E-state index contributed by atoms with van der Waals surface area (Å²) in [4.78, 5) is 12.2. The van der Waals surface area contributed by atoms with Gasteiger partial charge in [0.05, 0.1) is 6.10 Å². The van der Waals surface area contributed by atoms with Gasteiger partial charge in [-0.05, 0) is 29.9 Å². The molecule has 1 saturated carbocycles. The highest BCUT2D eigenvalue weighted by Crippen LogP contribution is 2.48. The lowest BCUT2D eigenvalue weighted by Crippen LogP contribution is -2.44. The summed E-state index contributed by atoms with van der Waals surface area (Å²) in [6.45, 7) is 8.23. The first-order valence-corrected chi connectivity index (χ1v) is 7.94. The summed E-state index contributed by atoms with van der Waals surface area (Å²) < 4.78 is 13.7. The summed E-state index contributed by atoms with van der Waals surface area (Å²) in [5.74, 6) is -0.308. The van der Waals surface area contributed by atoms with Crippen molar-refractivity contribution in [2.24, 2.45) is 17.3 Å². The fraction of sp³-hybridized carbons (Fsp3) is 0.611. The number of hydrogen-bond acceptors (Lipinski definition) is 2. The molecule has 3 unspecified atom stereocenters. The fourth-order valence-corrected chi connectivity index (χ4v) is 3.06. The van der Waals surface area contributed by atoms with Gasteiger partial charge in [-0.15, -0.1) is 0 Å². The van der Waals surface area contributed by atoms with Gasteiger partial charge in [0.2, 0.25) is 5.91 Å². The highest BCUT2D eigenvalue weighted by molar-refractivity contribution is 5.82. The van der Waals surface area contributed by atoms with Crippen LogP contribution in [0.4, 0.5) is 4.39 Å². The van der Waals surface area contributed by atoms with Crippen molar-refractivity contribution >= 4 is 5.91 Å². The smallest absolute Gasteiger partial charge is 0.223 e. The van der Waals surface area contributed by atoms with E-state index in [1.165, 1.54) is 6.07 Å². The third kappa shape index (κ3) is 3.67. The van der Waals surface area contributed by atoms with Crippen LogP contribution >= 0.6 is 0 Å². The first-order valence-electron chi connectivity index (χ1n) is 7.94. The number of carbonyl (C=O) groups is 1. The molecular weight excluding hydrogens is 281 g/mol. The summed E-state index contributed by atoms with van der Waals surface area (Å²) >= 11 is 0. The monoisotopic (exact) mass is 307 g/mol. The highest BCUT2D eigenvalue weighted by atomic mass is 19.1. The number of carbonyl (C=O) groups excluding carboxylic acids is 1. The predicted octanol–water partition coefficient (Wildman–Crippen LogP) is 3.09. The minimum Gasteiger partial charge on any atom is -0.392 e. The molecule has 1 aliphatic rings. The van der Waals surface area contributed by atoms with E-state index in [4.69, 9.17) is 0 Å². The van der Waals surface area contributed by atoms with E-state index in [1.807, 2.05) is 27.7 Å². The third-order valence-corrected chi connectivity index (χ3v) is 4.58. The van der Waals surface area contributed by atoms with Crippen LogP contribution in [0.1, 0.15) is 45.6 Å². The van der Waals surface area contributed by atoms with Crippen molar-refractivity contribution < 1.29 is 14.3 Å². The predicted molar refractivity (Wildman–Crippen MR) is 84.9 cm³/mol. The molecule has 0 aromatic heterocycles. The number of amides is 1. The van der Waals surface area contributed by atoms with Crippen molar-refractivity contribution in [1.29, 1.82) is 0 Å². The maximum Gasteiger partial charge on any atom is 0.223 e. The van der Waals surface area contributed by atoms with Crippen molar-refractivity contribution in [3.05, 3.63) is 35.6 Å². The van der Waals surface area contributed by atoms with Crippen LogP contribution in [-0.4, -0.2) is 23.7 Å². The Hall–Kier alpha value is -1.42. The highest BCUT2D eigenvalue weighted by Gasteiger charge is 2.45. The van der Waals surface area contributed by atoms with Gasteiger partial charge in [-0.25, -0.2) is 4.39 Å². The fourth-order valence-electron chi connectivity index (χ4n) is 3.06. The number of halogens is 1. The summed E-state index contributed by atoms with van der Waals surface area (Å²) in [6, 6.07) is 6.64. The van der Waals surface area contributed by atoms with Gasteiger partial charge < -0.3 is 10.4 Å². The molecule has 0 radical (unpaired) electrons. The first-order chi connectivity index (χ1) is 10.2. The number of hydrogen-bond donors (Lipinski definition) is 2. The minimum atomic E-state index is -0.477. The quantitative estimate of drug-likeness (QED) is 0.848. The van der Waals surface area contributed by atoms with E-state index in [-0.39, 0.29) is 34.9 Å². The topological polar surface area (TPSA) is 49.3 Å². The maximum atomic E-state index is 13.7. The van der Waals surface area contributed by atoms with E-state index in [2.05, 4.69) is 5.32 Å². The van der Waals surface area contributed by atoms with E-state index < -0.39 is 6.10 Å². The van der Waals surface area contributed by atoms with Crippen LogP contribution in [0, 0.1) is 23.1 Å². The van der Waals surface area contributed by atoms with Gasteiger partial charge in [-0.1, -0.05) is 45.9 Å². The second-order valence-electron chi connectivity index (χ2n) is 7.37. The summed E-state index contributed by atoms with van der Waals surface area (Å²) in [7, 11) is 0. The van der Waals surface area contributed by atoms with Gasteiger partial charge in [-0.3, -0.25) is 4.79 Å². The zero-order valence-corrected chi connectivity index (χ0v) is 13.8. The summed E-state index contributed by atoms with van der Waals surface area (Å²) in [5.41, 5.74) is 0.246. The van der Waals surface area contributed by atoms with Crippen molar-refractivity contribution in [2.45, 2.75) is 46.1 Å². The van der Waals surface area contributed by atoms with E-state index >= 15 is 0 Å². The molecule has 3 atom stereocenters. The molecule has 0 aliphatic heterocycles. The molecule has 0 spiro atoms. The van der Waals surface area contributed by atoms with Crippen molar-refractivity contribution in [2.75, 3.05) is 6.54 Å². The van der Waals surface area contributed by atoms with E-state index in [0.29, 0.717) is 18.5 Å². The largest absolute Gasteiger partial charge is 0.392 e. The average molecular weight is 307 g/mol. The van der Waals surface area contributed by atoms with Crippen LogP contribution in [0.15, 0.2) is 24.3 Å². The molecule has 0 bridgehead atoms. The van der Waals surface area contributed by atoms with Crippen LogP contribution < -0.4 is 5.32 Å². The van der Waals surface area contributed by atoms with Crippen LogP contribution in [0.2, 0.25) is 0 Å². The Morgan fingerprint density at radius 1 is 1.41 bits per heavy atom. The maximum absolute atomic E-state index is 13.7. The number of aliphatic hydroxyl groups excluding tert-OH is 1. The first kappa shape index (κ1) is 16.9. The van der Waals surface area contributed by atoms with E-state index in [9.17, 15) is 14.3 Å². The molecule has 2 N–H and O–H groups in total. The molecular formula is C18H26FNO2. The van der Waals surface area contributed by atoms with E-state index in [0.717, 1.165) is 0 Å². The number of benzene rings is 1. The molecule has 1 aromatic rings. The summed E-state index contributed by atoms with van der Waals surface area (Å²) in [5, 5.41) is 13.1. The molecule has 1 amide bonds. The normalized spacial score (nSPS) is 22.5. The Morgan fingerprint density at radius 3 is 2.64 bits per heavy atom. The van der Waals surface area contributed by atoms with Gasteiger partial charge in [0.25, 0.3) is 0 Å². The molecule has 0 heterocycles. The van der Waals surface area contributed by atoms with Crippen LogP contribution in [0.5, 0.6) is 0 Å². The second kappa shape index (κ2) is 6.37. The van der Waals surface area contributed by atoms with Crippen LogP contribution in [0.3, 0.4) is 0 Å².